The average molecular weight is 560 g/mol. The number of likely N-dealkylation sites (tertiary alicyclic amines) is 1. The van der Waals surface area contributed by atoms with Gasteiger partial charge in [0.25, 0.3) is 0 Å². The van der Waals surface area contributed by atoms with Gasteiger partial charge in [0, 0.05) is 18.3 Å². The molecule has 2 N–H and O–H groups in total. The van der Waals surface area contributed by atoms with E-state index in [9.17, 15) is 14.4 Å². The second kappa shape index (κ2) is 11.4. The summed E-state index contributed by atoms with van der Waals surface area (Å²) < 4.78 is 6.54. The first kappa shape index (κ1) is 28.2. The predicted octanol–water partition coefficient (Wildman–Crippen LogP) is 5.48. The van der Waals surface area contributed by atoms with E-state index in [0.717, 1.165) is 38.5 Å². The lowest BCUT2D eigenvalue weighted by Gasteiger charge is -2.36. The number of hydrogen-bond donors (Lipinski definition) is 2. The molecule has 3 amide bonds. The molecule has 7 atom stereocenters. The number of anilines is 1. The smallest absolute Gasteiger partial charge is 0.246 e. The van der Waals surface area contributed by atoms with Crippen molar-refractivity contribution >= 4 is 23.4 Å². The standard InChI is InChI=1S/C34H45N3O4/c1-21(2)24-13-15-25(16-14-24)35-31(38)28-27-17-19-34(41-27)29(28)33(40)37(20-18-23-10-5-4-6-11-23)30(34)32(39)36-26-12-8-7-9-22(26)3/h10,13-17,19,21-22,26-30H,4-9,11-12,18,20H2,1-3H3,(H,35,38)(H,36,39)/t22-,26-,27-,28+,29-,30-,34-/m1/s1. The van der Waals surface area contributed by atoms with E-state index >= 15 is 0 Å². The van der Waals surface area contributed by atoms with E-state index in [2.05, 4.69) is 37.5 Å². The molecular formula is C34H45N3O4. The minimum absolute atomic E-state index is 0.0974. The van der Waals surface area contributed by atoms with Gasteiger partial charge in [-0.1, -0.05) is 69.5 Å². The van der Waals surface area contributed by atoms with Gasteiger partial charge in [0.15, 0.2) is 0 Å². The van der Waals surface area contributed by atoms with Gasteiger partial charge in [0.05, 0.1) is 17.9 Å². The largest absolute Gasteiger partial charge is 0.359 e. The lowest BCUT2D eigenvalue weighted by Crippen LogP contribution is -2.57. The number of nitrogens with one attached hydrogen (secondary N) is 2. The number of benzene rings is 1. The summed E-state index contributed by atoms with van der Waals surface area (Å²) in [5.41, 5.74) is 2.14. The molecule has 2 aliphatic carbocycles. The average Bonchev–Trinajstić information content (AvgIpc) is 3.61. The van der Waals surface area contributed by atoms with E-state index in [1.807, 2.05) is 36.4 Å². The highest BCUT2D eigenvalue weighted by atomic mass is 16.5. The third-order valence-corrected chi connectivity index (χ3v) is 10.3. The molecule has 2 saturated heterocycles. The summed E-state index contributed by atoms with van der Waals surface area (Å²) >= 11 is 0. The van der Waals surface area contributed by atoms with Crippen LogP contribution in [0.1, 0.15) is 90.0 Å². The van der Waals surface area contributed by atoms with Gasteiger partial charge in [-0.15, -0.1) is 0 Å². The third kappa shape index (κ3) is 5.15. The SMILES string of the molecule is CC(C)c1ccc(NC(=O)[C@H]2[C@H]3C=C[C@@]4(O3)[C@H]2C(=O)N(CCC2=CCCCC2)[C@@H]4C(=O)N[C@@H]2CCCC[C@H]2C)cc1. The van der Waals surface area contributed by atoms with Crippen molar-refractivity contribution in [3.05, 3.63) is 53.6 Å². The lowest BCUT2D eigenvalue weighted by atomic mass is 9.74. The van der Waals surface area contributed by atoms with Crippen LogP contribution in [0.25, 0.3) is 0 Å². The highest BCUT2D eigenvalue weighted by molar-refractivity contribution is 6.02. The fraction of sp³-hybridized carbons (Fsp3) is 0.618. The van der Waals surface area contributed by atoms with E-state index in [4.69, 9.17) is 4.74 Å². The van der Waals surface area contributed by atoms with E-state index < -0.39 is 29.6 Å². The number of nitrogens with zero attached hydrogens (tertiary/aromatic N) is 1. The Morgan fingerprint density at radius 3 is 2.56 bits per heavy atom. The summed E-state index contributed by atoms with van der Waals surface area (Å²) in [6, 6.07) is 7.19. The molecule has 3 heterocycles. The van der Waals surface area contributed by atoms with Crippen molar-refractivity contribution in [2.45, 2.75) is 108 Å². The summed E-state index contributed by atoms with van der Waals surface area (Å²) in [4.78, 5) is 43.8. The van der Waals surface area contributed by atoms with Gasteiger partial charge in [-0.25, -0.2) is 0 Å². The molecule has 1 aromatic carbocycles. The van der Waals surface area contributed by atoms with Gasteiger partial charge in [-0.2, -0.15) is 0 Å². The topological polar surface area (TPSA) is 87.7 Å². The van der Waals surface area contributed by atoms with E-state index in [-0.39, 0.29) is 23.8 Å². The lowest BCUT2D eigenvalue weighted by molar-refractivity contribution is -0.141. The fourth-order valence-electron chi connectivity index (χ4n) is 7.87. The maximum absolute atomic E-state index is 14.2. The predicted molar refractivity (Wildman–Crippen MR) is 159 cm³/mol. The van der Waals surface area contributed by atoms with E-state index in [1.165, 1.54) is 30.4 Å². The maximum Gasteiger partial charge on any atom is 0.246 e. The molecule has 7 heteroatoms. The van der Waals surface area contributed by atoms with Crippen LogP contribution >= 0.6 is 0 Å². The molecule has 1 aromatic rings. The molecule has 220 valence electrons. The number of allylic oxidation sites excluding steroid dienone is 1. The van der Waals surface area contributed by atoms with Crippen LogP contribution in [0.15, 0.2) is 48.1 Å². The minimum atomic E-state index is -1.12. The van der Waals surface area contributed by atoms with Gasteiger partial charge in [-0.05, 0) is 74.5 Å². The van der Waals surface area contributed by atoms with Gasteiger partial charge in [0.1, 0.15) is 11.6 Å². The monoisotopic (exact) mass is 559 g/mol. The summed E-state index contributed by atoms with van der Waals surface area (Å²) in [6.07, 6.45) is 15.2. The fourth-order valence-corrected chi connectivity index (χ4v) is 7.87. The maximum atomic E-state index is 14.2. The zero-order valence-corrected chi connectivity index (χ0v) is 24.7. The summed E-state index contributed by atoms with van der Waals surface area (Å²) in [6.45, 7) is 6.93. The highest BCUT2D eigenvalue weighted by Gasteiger charge is 2.72. The number of fused-ring (bicyclic) bond motifs is 1. The Kier molecular flexibility index (Phi) is 7.84. The normalized spacial score (nSPS) is 34.1. The van der Waals surface area contributed by atoms with Crippen LogP contribution in [0, 0.1) is 17.8 Å². The number of carbonyl (C=O) groups excluding carboxylic acids is 3. The first-order valence-electron chi connectivity index (χ1n) is 15.9. The van der Waals surface area contributed by atoms with Crippen molar-refractivity contribution in [2.24, 2.45) is 17.8 Å². The molecule has 7 nitrogen and oxygen atoms in total. The molecule has 6 rings (SSSR count). The van der Waals surface area contributed by atoms with Gasteiger partial charge in [-0.3, -0.25) is 14.4 Å². The van der Waals surface area contributed by atoms with E-state index in [1.54, 1.807) is 4.90 Å². The molecule has 1 spiro atoms. The van der Waals surface area contributed by atoms with Crippen molar-refractivity contribution in [3.8, 4) is 0 Å². The van der Waals surface area contributed by atoms with Crippen LogP contribution < -0.4 is 10.6 Å². The number of rotatable bonds is 8. The van der Waals surface area contributed by atoms with Crippen molar-refractivity contribution in [1.82, 2.24) is 10.2 Å². The number of carbonyl (C=O) groups is 3. The van der Waals surface area contributed by atoms with E-state index in [0.29, 0.717) is 24.1 Å². The summed E-state index contributed by atoms with van der Waals surface area (Å²) in [5, 5.41) is 6.37. The van der Waals surface area contributed by atoms with Crippen LogP contribution in [-0.2, 0) is 19.1 Å². The summed E-state index contributed by atoms with van der Waals surface area (Å²) in [5.74, 6) is -1.11. The molecule has 3 aliphatic heterocycles. The molecule has 2 bridgehead atoms. The zero-order chi connectivity index (χ0) is 28.7. The number of ether oxygens (including phenoxy) is 1. The minimum Gasteiger partial charge on any atom is -0.359 e. The zero-order valence-electron chi connectivity index (χ0n) is 24.7. The Balaban J connectivity index is 1.26. The molecule has 0 radical (unpaired) electrons. The number of hydrogen-bond acceptors (Lipinski definition) is 4. The van der Waals surface area contributed by atoms with Crippen LogP contribution in [0.4, 0.5) is 5.69 Å². The van der Waals surface area contributed by atoms with Crippen LogP contribution in [0.3, 0.4) is 0 Å². The quantitative estimate of drug-likeness (QED) is 0.413. The molecule has 0 unspecified atom stereocenters. The Morgan fingerprint density at radius 1 is 1.07 bits per heavy atom. The Bertz CT molecular complexity index is 1240. The van der Waals surface area contributed by atoms with Crippen LogP contribution in [0.2, 0.25) is 0 Å². The van der Waals surface area contributed by atoms with Crippen molar-refractivity contribution < 1.29 is 19.1 Å². The van der Waals surface area contributed by atoms with Crippen LogP contribution in [-0.4, -0.2) is 53.0 Å². The molecule has 1 saturated carbocycles. The van der Waals surface area contributed by atoms with Gasteiger partial charge in [0.2, 0.25) is 17.7 Å². The van der Waals surface area contributed by atoms with Crippen molar-refractivity contribution in [3.63, 3.8) is 0 Å². The Hall–Kier alpha value is -2.93. The van der Waals surface area contributed by atoms with Gasteiger partial charge < -0.3 is 20.3 Å². The van der Waals surface area contributed by atoms with Crippen LogP contribution in [0.5, 0.6) is 0 Å². The molecule has 0 aromatic heterocycles. The third-order valence-electron chi connectivity index (χ3n) is 10.3. The second-order valence-electron chi connectivity index (χ2n) is 13.2. The van der Waals surface area contributed by atoms with Crippen molar-refractivity contribution in [1.29, 1.82) is 0 Å². The molecule has 5 aliphatic rings. The number of amides is 3. The Labute approximate surface area is 244 Å². The molecule has 3 fully saturated rings. The van der Waals surface area contributed by atoms with Gasteiger partial charge >= 0.3 is 0 Å². The molecule has 41 heavy (non-hydrogen) atoms. The molecular weight excluding hydrogens is 514 g/mol. The highest BCUT2D eigenvalue weighted by Crippen LogP contribution is 2.55. The summed E-state index contributed by atoms with van der Waals surface area (Å²) in [7, 11) is 0. The Morgan fingerprint density at radius 2 is 1.85 bits per heavy atom. The van der Waals surface area contributed by atoms with Crippen molar-refractivity contribution in [2.75, 3.05) is 11.9 Å². The first-order chi connectivity index (χ1) is 19.8. The first-order valence-corrected chi connectivity index (χ1v) is 15.9. The second-order valence-corrected chi connectivity index (χ2v) is 13.2.